The summed E-state index contributed by atoms with van der Waals surface area (Å²) in [6.07, 6.45) is 0. The average molecular weight is 605 g/mol. The summed E-state index contributed by atoms with van der Waals surface area (Å²) < 4.78 is 14.1. The molecule has 0 atom stereocenters. The van der Waals surface area contributed by atoms with E-state index in [0.717, 1.165) is 49.7 Å². The van der Waals surface area contributed by atoms with E-state index in [1.54, 1.807) is 0 Å². The van der Waals surface area contributed by atoms with Gasteiger partial charge in [-0.05, 0) is 72.8 Å². The summed E-state index contributed by atoms with van der Waals surface area (Å²) in [6, 6.07) is 52.8. The van der Waals surface area contributed by atoms with Crippen LogP contribution in [0.15, 0.2) is 150 Å². The topological polar surface area (TPSA) is 23.0 Å². The molecular formula is C42H24N2OS. The first-order valence-corrected chi connectivity index (χ1v) is 16.4. The molecule has 11 rings (SSSR count). The van der Waals surface area contributed by atoms with Crippen molar-refractivity contribution in [3.8, 4) is 11.4 Å². The fraction of sp³-hybridized carbons (Fsp3) is 0. The van der Waals surface area contributed by atoms with E-state index in [1.165, 1.54) is 47.4 Å². The van der Waals surface area contributed by atoms with Crippen LogP contribution < -0.4 is 0 Å². The fourth-order valence-corrected chi connectivity index (χ4v) is 8.83. The molecule has 0 bridgehead atoms. The zero-order valence-corrected chi connectivity index (χ0v) is 25.4. The van der Waals surface area contributed by atoms with Crippen molar-refractivity contribution in [2.45, 2.75) is 0 Å². The van der Waals surface area contributed by atoms with Crippen molar-refractivity contribution in [1.82, 2.24) is 9.13 Å². The third-order valence-electron chi connectivity index (χ3n) is 9.71. The lowest BCUT2D eigenvalue weighted by Crippen LogP contribution is -1.97. The Morgan fingerprint density at radius 2 is 1.00 bits per heavy atom. The van der Waals surface area contributed by atoms with E-state index in [1.807, 2.05) is 17.4 Å². The zero-order chi connectivity index (χ0) is 29.9. The quantitative estimate of drug-likeness (QED) is 0.192. The van der Waals surface area contributed by atoms with Gasteiger partial charge < -0.3 is 13.6 Å². The molecule has 0 radical (unpaired) electrons. The third kappa shape index (κ3) is 3.16. The Labute approximate surface area is 266 Å². The molecule has 11 aromatic rings. The summed E-state index contributed by atoms with van der Waals surface area (Å²) in [6.45, 7) is 0. The lowest BCUT2D eigenvalue weighted by atomic mass is 10.1. The van der Waals surface area contributed by atoms with Crippen molar-refractivity contribution in [1.29, 1.82) is 0 Å². The zero-order valence-electron chi connectivity index (χ0n) is 24.6. The van der Waals surface area contributed by atoms with Crippen molar-refractivity contribution in [2.24, 2.45) is 0 Å². The molecule has 0 saturated carbocycles. The number of rotatable bonds is 2. The second-order valence-corrected chi connectivity index (χ2v) is 13.2. The Morgan fingerprint density at radius 1 is 0.391 bits per heavy atom. The minimum atomic E-state index is 0.916. The largest absolute Gasteiger partial charge is 0.455 e. The highest BCUT2D eigenvalue weighted by molar-refractivity contribution is 7.25. The molecule has 46 heavy (non-hydrogen) atoms. The Balaban J connectivity index is 1.29. The van der Waals surface area contributed by atoms with Gasteiger partial charge in [-0.3, -0.25) is 0 Å². The predicted octanol–water partition coefficient (Wildman–Crippen LogP) is 12.1. The lowest BCUT2D eigenvalue weighted by Gasteiger charge is -2.11. The van der Waals surface area contributed by atoms with Gasteiger partial charge >= 0.3 is 0 Å². The van der Waals surface area contributed by atoms with Gasteiger partial charge in [0.05, 0.1) is 27.5 Å². The van der Waals surface area contributed by atoms with E-state index in [2.05, 4.69) is 149 Å². The standard InChI is InChI=1S/C42H24N2OS/c1-5-13-34-27(9-1)28-10-2-6-14-35(28)43(34)26-17-19-32-37(24-26)44(25-18-22-40-33(23-25)30-12-4-8-16-39(30)46-40)36-21-20-31-29-11-3-7-15-38(29)45-42(31)41(32)36/h1-24H. The maximum atomic E-state index is 6.64. The van der Waals surface area contributed by atoms with Crippen molar-refractivity contribution >= 4 is 97.1 Å². The number of thiophene rings is 1. The van der Waals surface area contributed by atoms with E-state index >= 15 is 0 Å². The van der Waals surface area contributed by atoms with Crippen molar-refractivity contribution in [3.63, 3.8) is 0 Å². The van der Waals surface area contributed by atoms with Crippen molar-refractivity contribution in [3.05, 3.63) is 146 Å². The molecule has 3 nitrogen and oxygen atoms in total. The minimum Gasteiger partial charge on any atom is -0.455 e. The first kappa shape index (κ1) is 24.5. The molecule has 0 amide bonds. The van der Waals surface area contributed by atoms with Crippen LogP contribution in [-0.4, -0.2) is 9.13 Å². The van der Waals surface area contributed by atoms with Crippen LogP contribution in [0, 0.1) is 0 Å². The summed E-state index contributed by atoms with van der Waals surface area (Å²) in [7, 11) is 0. The van der Waals surface area contributed by atoms with Gasteiger partial charge in [0.25, 0.3) is 0 Å². The number of hydrogen-bond donors (Lipinski definition) is 0. The SMILES string of the molecule is c1ccc2c(c1)oc1c2ccc2c1c1ccc(-n3c4ccccc4c4ccccc43)cc1n2-c1ccc2sc3ccccc3c2c1. The number of furan rings is 1. The summed E-state index contributed by atoms with van der Waals surface area (Å²) in [5.41, 5.74) is 8.84. The summed E-state index contributed by atoms with van der Waals surface area (Å²) >= 11 is 1.85. The number of nitrogens with zero attached hydrogens (tertiary/aromatic N) is 2. The van der Waals surface area contributed by atoms with Crippen molar-refractivity contribution < 1.29 is 4.42 Å². The van der Waals surface area contributed by atoms with Crippen LogP contribution in [0.4, 0.5) is 0 Å². The van der Waals surface area contributed by atoms with Gasteiger partial charge in [0.2, 0.25) is 0 Å². The van der Waals surface area contributed by atoms with E-state index in [4.69, 9.17) is 4.42 Å². The average Bonchev–Trinajstić information content (AvgIpc) is 3.85. The van der Waals surface area contributed by atoms with Crippen LogP contribution in [0.3, 0.4) is 0 Å². The molecule has 0 unspecified atom stereocenters. The molecule has 0 aliphatic rings. The first-order valence-electron chi connectivity index (χ1n) is 15.6. The monoisotopic (exact) mass is 604 g/mol. The first-order chi connectivity index (χ1) is 22.8. The minimum absolute atomic E-state index is 0.916. The Bertz CT molecular complexity index is 2990. The Kier molecular flexibility index (Phi) is 4.72. The molecule has 0 N–H and O–H groups in total. The molecule has 7 aromatic carbocycles. The smallest absolute Gasteiger partial charge is 0.145 e. The highest BCUT2D eigenvalue weighted by Crippen LogP contribution is 2.43. The van der Waals surface area contributed by atoms with Crippen LogP contribution in [0.5, 0.6) is 0 Å². The molecule has 0 saturated heterocycles. The Morgan fingerprint density at radius 3 is 1.83 bits per heavy atom. The highest BCUT2D eigenvalue weighted by atomic mass is 32.1. The molecule has 0 aliphatic heterocycles. The van der Waals surface area contributed by atoms with Crippen LogP contribution in [0.2, 0.25) is 0 Å². The van der Waals surface area contributed by atoms with Gasteiger partial charge in [-0.1, -0.05) is 72.8 Å². The molecular weight excluding hydrogens is 581 g/mol. The molecule has 0 fully saturated rings. The second kappa shape index (κ2) is 8.87. The van der Waals surface area contributed by atoms with Gasteiger partial charge in [-0.2, -0.15) is 0 Å². The van der Waals surface area contributed by atoms with Crippen LogP contribution in [0.1, 0.15) is 0 Å². The summed E-state index contributed by atoms with van der Waals surface area (Å²) in [4.78, 5) is 0. The van der Waals surface area contributed by atoms with E-state index in [0.29, 0.717) is 0 Å². The summed E-state index contributed by atoms with van der Waals surface area (Å²) in [5, 5.41) is 9.73. The summed E-state index contributed by atoms with van der Waals surface area (Å²) in [5.74, 6) is 0. The molecule has 214 valence electrons. The van der Waals surface area contributed by atoms with E-state index in [9.17, 15) is 0 Å². The molecule has 4 heteroatoms. The number of aromatic nitrogens is 2. The lowest BCUT2D eigenvalue weighted by molar-refractivity contribution is 0.673. The number of benzene rings is 7. The third-order valence-corrected chi connectivity index (χ3v) is 10.9. The van der Waals surface area contributed by atoms with Crippen LogP contribution in [-0.2, 0) is 0 Å². The normalized spacial score (nSPS) is 12.3. The highest BCUT2D eigenvalue weighted by Gasteiger charge is 2.21. The van der Waals surface area contributed by atoms with Gasteiger partial charge in [0.1, 0.15) is 11.2 Å². The maximum Gasteiger partial charge on any atom is 0.145 e. The molecule has 4 heterocycles. The predicted molar refractivity (Wildman–Crippen MR) is 195 cm³/mol. The molecule has 4 aromatic heterocycles. The van der Waals surface area contributed by atoms with Gasteiger partial charge in [-0.25, -0.2) is 0 Å². The number of para-hydroxylation sites is 3. The van der Waals surface area contributed by atoms with E-state index < -0.39 is 0 Å². The fourth-order valence-electron chi connectivity index (χ4n) is 7.74. The van der Waals surface area contributed by atoms with Gasteiger partial charge in [0, 0.05) is 58.5 Å². The van der Waals surface area contributed by atoms with E-state index in [-0.39, 0.29) is 0 Å². The van der Waals surface area contributed by atoms with Gasteiger partial charge in [-0.15, -0.1) is 11.3 Å². The Hall–Kier alpha value is -5.84. The second-order valence-electron chi connectivity index (χ2n) is 12.1. The number of fused-ring (bicyclic) bond motifs is 13. The molecule has 0 spiro atoms. The number of hydrogen-bond acceptors (Lipinski definition) is 2. The van der Waals surface area contributed by atoms with Crippen molar-refractivity contribution in [2.75, 3.05) is 0 Å². The van der Waals surface area contributed by atoms with Crippen LogP contribution >= 0.6 is 11.3 Å². The molecule has 0 aliphatic carbocycles. The van der Waals surface area contributed by atoms with Crippen LogP contribution in [0.25, 0.3) is 97.1 Å². The maximum absolute atomic E-state index is 6.64. The van der Waals surface area contributed by atoms with Gasteiger partial charge in [0.15, 0.2) is 0 Å².